The standard InChI is InChI=1S/C20H29N/c1-16(10-7-6-8-15-21)17(2)12-13-19-18(3)11-9-14-20(19,4)5/h6-8,10,12-13,15,21H,9,11,14H2,1-5H3/b8-6+,10-7-,13-12+,17-16+,21-15?. The molecule has 0 aromatic heterocycles. The van der Waals surface area contributed by atoms with Crippen LogP contribution in [0.5, 0.6) is 0 Å². The quantitative estimate of drug-likeness (QED) is 0.461. The largest absolute Gasteiger partial charge is 0.309 e. The van der Waals surface area contributed by atoms with Gasteiger partial charge in [-0.1, -0.05) is 49.8 Å². The van der Waals surface area contributed by atoms with Gasteiger partial charge in [-0.3, -0.25) is 0 Å². The highest BCUT2D eigenvalue weighted by molar-refractivity contribution is 5.68. The number of nitrogens with one attached hydrogen (secondary N) is 1. The molecule has 0 atom stereocenters. The van der Waals surface area contributed by atoms with E-state index in [9.17, 15) is 0 Å². The Kier molecular flexibility index (Phi) is 6.61. The van der Waals surface area contributed by atoms with Gasteiger partial charge in [0.25, 0.3) is 0 Å². The van der Waals surface area contributed by atoms with Crippen molar-refractivity contribution in [3.63, 3.8) is 0 Å². The molecular weight excluding hydrogens is 254 g/mol. The van der Waals surface area contributed by atoms with Gasteiger partial charge in [-0.2, -0.15) is 0 Å². The predicted molar refractivity (Wildman–Crippen MR) is 94.9 cm³/mol. The fourth-order valence-corrected chi connectivity index (χ4v) is 2.80. The van der Waals surface area contributed by atoms with Crippen LogP contribution >= 0.6 is 0 Å². The molecule has 0 unspecified atom stereocenters. The molecule has 0 aromatic rings. The highest BCUT2D eigenvalue weighted by atomic mass is 14.3. The molecule has 0 saturated heterocycles. The third kappa shape index (κ3) is 5.34. The smallest absolute Gasteiger partial charge is 0.0177 e. The van der Waals surface area contributed by atoms with Crippen molar-refractivity contribution >= 4 is 6.21 Å². The van der Waals surface area contributed by atoms with Gasteiger partial charge in [-0.15, -0.1) is 0 Å². The fourth-order valence-electron chi connectivity index (χ4n) is 2.80. The molecule has 0 radical (unpaired) electrons. The van der Waals surface area contributed by atoms with Gasteiger partial charge in [0.05, 0.1) is 0 Å². The molecule has 1 nitrogen and oxygen atoms in total. The molecule has 1 rings (SSSR count). The summed E-state index contributed by atoms with van der Waals surface area (Å²) < 4.78 is 0. The van der Waals surface area contributed by atoms with Crippen molar-refractivity contribution in [1.82, 2.24) is 0 Å². The minimum Gasteiger partial charge on any atom is -0.309 e. The first kappa shape index (κ1) is 17.4. The average Bonchev–Trinajstić information content (AvgIpc) is 2.41. The van der Waals surface area contributed by atoms with E-state index in [0.29, 0.717) is 5.41 Å². The minimum absolute atomic E-state index is 0.301. The summed E-state index contributed by atoms with van der Waals surface area (Å²) in [6, 6.07) is 0. The molecule has 1 heteroatoms. The molecule has 0 heterocycles. The normalized spacial score (nSPS) is 20.6. The summed E-state index contributed by atoms with van der Waals surface area (Å²) in [6.45, 7) is 11.3. The summed E-state index contributed by atoms with van der Waals surface area (Å²) in [5, 5.41) is 6.93. The molecule has 1 aliphatic rings. The van der Waals surface area contributed by atoms with Crippen LogP contribution in [0.25, 0.3) is 0 Å². The first-order valence-corrected chi connectivity index (χ1v) is 7.78. The van der Waals surface area contributed by atoms with Crippen molar-refractivity contribution in [3.8, 4) is 0 Å². The fraction of sp³-hybridized carbons (Fsp3) is 0.450. The van der Waals surface area contributed by atoms with Gasteiger partial charge in [-0.25, -0.2) is 0 Å². The SMILES string of the molecule is CC1=C(/C=C/C(C)=C(C)/C=C\C=C\C=N)C(C)(C)CCC1. The van der Waals surface area contributed by atoms with Crippen molar-refractivity contribution in [2.45, 2.75) is 53.9 Å². The summed E-state index contributed by atoms with van der Waals surface area (Å²) in [6.07, 6.45) is 17.3. The lowest BCUT2D eigenvalue weighted by atomic mass is 9.72. The number of rotatable bonds is 5. The zero-order valence-electron chi connectivity index (χ0n) is 14.2. The molecule has 0 saturated carbocycles. The lowest BCUT2D eigenvalue weighted by molar-refractivity contribution is 0.377. The van der Waals surface area contributed by atoms with Gasteiger partial charge >= 0.3 is 0 Å². The number of allylic oxidation sites excluding steroid dienone is 10. The van der Waals surface area contributed by atoms with E-state index in [1.54, 1.807) is 6.08 Å². The highest BCUT2D eigenvalue weighted by Crippen LogP contribution is 2.40. The van der Waals surface area contributed by atoms with Crippen molar-refractivity contribution in [1.29, 1.82) is 5.41 Å². The monoisotopic (exact) mass is 283 g/mol. The van der Waals surface area contributed by atoms with E-state index in [0.717, 1.165) is 0 Å². The Labute approximate surface area is 130 Å². The Morgan fingerprint density at radius 3 is 2.33 bits per heavy atom. The van der Waals surface area contributed by atoms with Gasteiger partial charge in [0, 0.05) is 6.21 Å². The van der Waals surface area contributed by atoms with E-state index >= 15 is 0 Å². The van der Waals surface area contributed by atoms with Crippen LogP contribution in [0, 0.1) is 10.8 Å². The third-order valence-corrected chi connectivity index (χ3v) is 4.33. The van der Waals surface area contributed by atoms with Gasteiger partial charge in [0.2, 0.25) is 0 Å². The summed E-state index contributed by atoms with van der Waals surface area (Å²) >= 11 is 0. The second kappa shape index (κ2) is 7.97. The molecular formula is C20H29N. The summed E-state index contributed by atoms with van der Waals surface area (Å²) in [7, 11) is 0. The molecule has 1 N–H and O–H groups in total. The Balaban J connectivity index is 2.90. The maximum Gasteiger partial charge on any atom is 0.0177 e. The Hall–Kier alpha value is -1.63. The highest BCUT2D eigenvalue weighted by Gasteiger charge is 2.26. The van der Waals surface area contributed by atoms with Crippen LogP contribution in [0.4, 0.5) is 0 Å². The summed E-state index contributed by atoms with van der Waals surface area (Å²) in [5.74, 6) is 0. The average molecular weight is 283 g/mol. The van der Waals surface area contributed by atoms with Gasteiger partial charge in [0.15, 0.2) is 0 Å². The first-order chi connectivity index (χ1) is 9.88. The molecule has 0 spiro atoms. The summed E-state index contributed by atoms with van der Waals surface area (Å²) in [4.78, 5) is 0. The topological polar surface area (TPSA) is 23.9 Å². The zero-order valence-corrected chi connectivity index (χ0v) is 14.2. The van der Waals surface area contributed by atoms with Crippen LogP contribution in [0.1, 0.15) is 53.9 Å². The van der Waals surface area contributed by atoms with E-state index < -0.39 is 0 Å². The molecule has 0 fully saturated rings. The van der Waals surface area contributed by atoms with E-state index in [2.05, 4.69) is 52.8 Å². The maximum atomic E-state index is 6.93. The van der Waals surface area contributed by atoms with Crippen LogP contribution in [-0.2, 0) is 0 Å². The molecule has 114 valence electrons. The lowest BCUT2D eigenvalue weighted by Gasteiger charge is -2.33. The van der Waals surface area contributed by atoms with Gasteiger partial charge in [0.1, 0.15) is 0 Å². The van der Waals surface area contributed by atoms with E-state index in [-0.39, 0.29) is 0 Å². The van der Waals surface area contributed by atoms with Crippen LogP contribution < -0.4 is 0 Å². The van der Waals surface area contributed by atoms with Crippen LogP contribution in [0.2, 0.25) is 0 Å². The lowest BCUT2D eigenvalue weighted by Crippen LogP contribution is -2.19. The van der Waals surface area contributed by atoms with Gasteiger partial charge in [-0.05, 0) is 68.2 Å². The van der Waals surface area contributed by atoms with Crippen LogP contribution in [-0.4, -0.2) is 6.21 Å². The Morgan fingerprint density at radius 1 is 1.05 bits per heavy atom. The number of hydrogen-bond donors (Lipinski definition) is 1. The minimum atomic E-state index is 0.301. The van der Waals surface area contributed by atoms with Gasteiger partial charge < -0.3 is 5.41 Å². The van der Waals surface area contributed by atoms with Crippen molar-refractivity contribution in [3.05, 3.63) is 58.7 Å². The Morgan fingerprint density at radius 2 is 1.71 bits per heavy atom. The first-order valence-electron chi connectivity index (χ1n) is 7.78. The third-order valence-electron chi connectivity index (χ3n) is 4.33. The van der Waals surface area contributed by atoms with Crippen LogP contribution in [0.3, 0.4) is 0 Å². The molecule has 21 heavy (non-hydrogen) atoms. The van der Waals surface area contributed by atoms with E-state index in [1.165, 1.54) is 47.8 Å². The van der Waals surface area contributed by atoms with Crippen molar-refractivity contribution < 1.29 is 0 Å². The molecule has 0 bridgehead atoms. The van der Waals surface area contributed by atoms with Crippen molar-refractivity contribution in [2.75, 3.05) is 0 Å². The number of hydrogen-bond acceptors (Lipinski definition) is 1. The van der Waals surface area contributed by atoms with E-state index in [1.807, 2.05) is 12.2 Å². The van der Waals surface area contributed by atoms with Crippen molar-refractivity contribution in [2.24, 2.45) is 5.41 Å². The maximum absolute atomic E-state index is 6.93. The Bertz CT molecular complexity index is 522. The van der Waals surface area contributed by atoms with Crippen LogP contribution in [0.15, 0.2) is 58.7 Å². The summed E-state index contributed by atoms with van der Waals surface area (Å²) in [5.41, 5.74) is 5.89. The van der Waals surface area contributed by atoms with E-state index in [4.69, 9.17) is 5.41 Å². The molecule has 0 aliphatic heterocycles. The molecule has 0 aromatic carbocycles. The second-order valence-corrected chi connectivity index (χ2v) is 6.54. The molecule has 1 aliphatic carbocycles. The molecule has 0 amide bonds. The predicted octanol–water partition coefficient (Wildman–Crippen LogP) is 6.17. The second-order valence-electron chi connectivity index (χ2n) is 6.54. The zero-order chi connectivity index (χ0) is 15.9.